The fourth-order valence-corrected chi connectivity index (χ4v) is 2.16. The van der Waals surface area contributed by atoms with Crippen LogP contribution in [0.5, 0.6) is 0 Å². The fraction of sp³-hybridized carbons (Fsp3) is 0.615. The molecular formula is C13H21NO3S. The van der Waals surface area contributed by atoms with Gasteiger partial charge in [0.15, 0.2) is 0 Å². The van der Waals surface area contributed by atoms with Crippen LogP contribution in [0.25, 0.3) is 0 Å². The summed E-state index contributed by atoms with van der Waals surface area (Å²) >= 11 is 1.88. The summed E-state index contributed by atoms with van der Waals surface area (Å²) < 4.78 is 5.24. The van der Waals surface area contributed by atoms with E-state index in [1.807, 2.05) is 18.7 Å². The fourth-order valence-electron chi connectivity index (χ4n) is 1.67. The Bertz CT molecular complexity index is 365. The summed E-state index contributed by atoms with van der Waals surface area (Å²) in [6.45, 7) is 2.91. The summed E-state index contributed by atoms with van der Waals surface area (Å²) in [6, 6.07) is 3.27. The zero-order chi connectivity index (χ0) is 13.4. The van der Waals surface area contributed by atoms with Crippen molar-refractivity contribution in [1.82, 2.24) is 5.32 Å². The van der Waals surface area contributed by atoms with Crippen molar-refractivity contribution in [3.8, 4) is 0 Å². The Hall–Kier alpha value is -0.940. The zero-order valence-corrected chi connectivity index (χ0v) is 11.8. The molecule has 0 radical (unpaired) electrons. The van der Waals surface area contributed by atoms with Gasteiger partial charge in [-0.15, -0.1) is 0 Å². The monoisotopic (exact) mass is 271 g/mol. The van der Waals surface area contributed by atoms with Crippen LogP contribution < -0.4 is 5.32 Å². The zero-order valence-electron chi connectivity index (χ0n) is 10.9. The Labute approximate surface area is 112 Å². The predicted octanol–water partition coefficient (Wildman–Crippen LogP) is 3.16. The summed E-state index contributed by atoms with van der Waals surface area (Å²) in [5.41, 5.74) is 0. The van der Waals surface area contributed by atoms with Gasteiger partial charge >= 0.3 is 5.97 Å². The van der Waals surface area contributed by atoms with Crippen molar-refractivity contribution in [3.63, 3.8) is 0 Å². The first-order valence-electron chi connectivity index (χ1n) is 6.20. The van der Waals surface area contributed by atoms with Crippen molar-refractivity contribution in [1.29, 1.82) is 0 Å². The standard InChI is InChI=1S/C13H21NO3S/c1-10(14-8-4-3-5-9-18-2)11-6-7-12(17-11)13(15)16/h6-7,10,14H,3-5,8-9H2,1-2H3,(H,15,16). The molecule has 1 heterocycles. The number of nitrogens with one attached hydrogen (secondary N) is 1. The lowest BCUT2D eigenvalue weighted by atomic mass is 10.2. The van der Waals surface area contributed by atoms with Crippen molar-refractivity contribution in [2.24, 2.45) is 0 Å². The molecule has 0 aliphatic carbocycles. The van der Waals surface area contributed by atoms with Crippen molar-refractivity contribution >= 4 is 17.7 Å². The molecule has 0 fully saturated rings. The Morgan fingerprint density at radius 3 is 2.83 bits per heavy atom. The van der Waals surface area contributed by atoms with E-state index in [2.05, 4.69) is 11.6 Å². The SMILES string of the molecule is CSCCCCCNC(C)c1ccc(C(=O)O)o1. The van der Waals surface area contributed by atoms with Crippen LogP contribution in [-0.2, 0) is 0 Å². The largest absolute Gasteiger partial charge is 0.475 e. The average molecular weight is 271 g/mol. The molecule has 0 aliphatic rings. The lowest BCUT2D eigenvalue weighted by Crippen LogP contribution is -2.19. The van der Waals surface area contributed by atoms with E-state index in [1.165, 1.54) is 24.7 Å². The van der Waals surface area contributed by atoms with Gasteiger partial charge in [-0.2, -0.15) is 11.8 Å². The first kappa shape index (κ1) is 15.1. The molecule has 0 aromatic carbocycles. The molecule has 0 aliphatic heterocycles. The van der Waals surface area contributed by atoms with Gasteiger partial charge in [-0.3, -0.25) is 0 Å². The molecule has 2 N–H and O–H groups in total. The molecule has 0 spiro atoms. The minimum Gasteiger partial charge on any atom is -0.475 e. The molecule has 18 heavy (non-hydrogen) atoms. The molecule has 1 aromatic heterocycles. The lowest BCUT2D eigenvalue weighted by molar-refractivity contribution is 0.0659. The molecule has 0 saturated heterocycles. The molecular weight excluding hydrogens is 250 g/mol. The molecule has 1 rings (SSSR count). The van der Waals surface area contributed by atoms with Crippen LogP contribution in [0.2, 0.25) is 0 Å². The summed E-state index contributed by atoms with van der Waals surface area (Å²) in [6.07, 6.45) is 5.73. The number of furan rings is 1. The number of carboxylic acids is 1. The third-order valence-electron chi connectivity index (χ3n) is 2.74. The van der Waals surface area contributed by atoms with Crippen molar-refractivity contribution in [2.75, 3.05) is 18.6 Å². The molecule has 102 valence electrons. The quantitative estimate of drug-likeness (QED) is 0.675. The highest BCUT2D eigenvalue weighted by atomic mass is 32.2. The smallest absolute Gasteiger partial charge is 0.371 e. The number of thioether (sulfide) groups is 1. The van der Waals surface area contributed by atoms with Gasteiger partial charge in [0.25, 0.3) is 0 Å². The topological polar surface area (TPSA) is 62.5 Å². The Morgan fingerprint density at radius 2 is 2.22 bits per heavy atom. The first-order chi connectivity index (χ1) is 8.65. The van der Waals surface area contributed by atoms with E-state index >= 15 is 0 Å². The van der Waals surface area contributed by atoms with Crippen molar-refractivity contribution in [3.05, 3.63) is 23.7 Å². The van der Waals surface area contributed by atoms with E-state index in [9.17, 15) is 4.79 Å². The Kier molecular flexibility index (Phi) is 6.90. The number of carboxylic acid groups (broad SMARTS) is 1. The van der Waals surface area contributed by atoms with Gasteiger partial charge in [-0.05, 0) is 50.5 Å². The highest BCUT2D eigenvalue weighted by Crippen LogP contribution is 2.16. The van der Waals surface area contributed by atoms with Gasteiger partial charge in [0.05, 0.1) is 6.04 Å². The molecule has 1 aromatic rings. The van der Waals surface area contributed by atoms with Crippen LogP contribution in [0.4, 0.5) is 0 Å². The second-order valence-corrected chi connectivity index (χ2v) is 5.22. The summed E-state index contributed by atoms with van der Waals surface area (Å²) in [4.78, 5) is 10.7. The predicted molar refractivity (Wildman–Crippen MR) is 74.3 cm³/mol. The number of unbranched alkanes of at least 4 members (excludes halogenated alkanes) is 2. The summed E-state index contributed by atoms with van der Waals surface area (Å²) in [5.74, 6) is 0.871. The van der Waals surface area contributed by atoms with E-state index in [4.69, 9.17) is 9.52 Å². The second kappa shape index (κ2) is 8.21. The second-order valence-electron chi connectivity index (χ2n) is 4.24. The highest BCUT2D eigenvalue weighted by Gasteiger charge is 2.13. The highest BCUT2D eigenvalue weighted by molar-refractivity contribution is 7.98. The third kappa shape index (κ3) is 5.14. The lowest BCUT2D eigenvalue weighted by Gasteiger charge is -2.10. The molecule has 1 atom stereocenters. The van der Waals surface area contributed by atoms with Crippen LogP contribution >= 0.6 is 11.8 Å². The van der Waals surface area contributed by atoms with Crippen LogP contribution in [0.15, 0.2) is 16.5 Å². The van der Waals surface area contributed by atoms with Gasteiger partial charge < -0.3 is 14.8 Å². The summed E-state index contributed by atoms with van der Waals surface area (Å²) in [7, 11) is 0. The van der Waals surface area contributed by atoms with Gasteiger partial charge in [0, 0.05) is 0 Å². The summed E-state index contributed by atoms with van der Waals surface area (Å²) in [5, 5.41) is 12.1. The van der Waals surface area contributed by atoms with Crippen LogP contribution in [-0.4, -0.2) is 29.6 Å². The van der Waals surface area contributed by atoms with Gasteiger partial charge in [0.1, 0.15) is 5.76 Å². The van der Waals surface area contributed by atoms with Crippen molar-refractivity contribution in [2.45, 2.75) is 32.2 Å². The normalized spacial score (nSPS) is 12.6. The Balaban J connectivity index is 2.23. The number of aromatic carboxylic acids is 1. The van der Waals surface area contributed by atoms with E-state index in [0.29, 0.717) is 5.76 Å². The van der Waals surface area contributed by atoms with E-state index in [-0.39, 0.29) is 11.8 Å². The average Bonchev–Trinajstić information content (AvgIpc) is 2.83. The van der Waals surface area contributed by atoms with Gasteiger partial charge in [0.2, 0.25) is 5.76 Å². The Morgan fingerprint density at radius 1 is 1.44 bits per heavy atom. The van der Waals surface area contributed by atoms with Crippen LogP contribution in [0.1, 0.15) is 48.5 Å². The number of hydrogen-bond donors (Lipinski definition) is 2. The molecule has 0 saturated carbocycles. The minimum absolute atomic E-state index is 0.00128. The number of carbonyl (C=O) groups is 1. The third-order valence-corrected chi connectivity index (χ3v) is 3.44. The first-order valence-corrected chi connectivity index (χ1v) is 7.60. The van der Waals surface area contributed by atoms with Crippen LogP contribution in [0.3, 0.4) is 0 Å². The van der Waals surface area contributed by atoms with E-state index in [1.54, 1.807) is 6.07 Å². The van der Waals surface area contributed by atoms with Gasteiger partial charge in [-0.25, -0.2) is 4.79 Å². The van der Waals surface area contributed by atoms with Crippen molar-refractivity contribution < 1.29 is 14.3 Å². The molecule has 1 unspecified atom stereocenters. The van der Waals surface area contributed by atoms with Gasteiger partial charge in [-0.1, -0.05) is 6.42 Å². The van der Waals surface area contributed by atoms with E-state index in [0.717, 1.165) is 13.0 Å². The molecule has 0 amide bonds. The number of rotatable bonds is 9. The molecule has 5 heteroatoms. The van der Waals surface area contributed by atoms with E-state index < -0.39 is 5.97 Å². The minimum atomic E-state index is -1.02. The maximum Gasteiger partial charge on any atom is 0.371 e. The number of hydrogen-bond acceptors (Lipinski definition) is 4. The van der Waals surface area contributed by atoms with Crippen LogP contribution in [0, 0.1) is 0 Å². The maximum atomic E-state index is 10.7. The molecule has 0 bridgehead atoms. The maximum absolute atomic E-state index is 10.7. The molecule has 4 nitrogen and oxygen atoms in total.